The molecule has 18 nitrogen and oxygen atoms in total. The maximum atomic E-state index is 13.7. The highest BCUT2D eigenvalue weighted by atomic mass is 32.7. The smallest absolute Gasteiger partial charge is 0.382 e. The van der Waals surface area contributed by atoms with E-state index in [0.717, 1.165) is 0 Å². The number of rotatable bonds is 5. The van der Waals surface area contributed by atoms with E-state index in [-0.39, 0.29) is 60.3 Å². The van der Waals surface area contributed by atoms with Gasteiger partial charge in [0.1, 0.15) is 24.3 Å². The number of hydrogen-bond acceptors (Lipinski definition) is 14. The zero-order valence-electron chi connectivity index (χ0n) is 25.3. The third kappa shape index (κ3) is 6.80. The molecule has 6 rings (SSSR count). The number of imidazole rings is 2. The second-order valence-corrected chi connectivity index (χ2v) is 14.2. The lowest BCUT2D eigenvalue weighted by molar-refractivity contribution is -0.118. The number of nitrogen functional groups attached to an aromatic ring is 1. The highest BCUT2D eigenvalue weighted by molar-refractivity contribution is 8.44. The molecule has 2 aliphatic rings. The van der Waals surface area contributed by atoms with Crippen molar-refractivity contribution in [3.05, 3.63) is 29.3 Å². The third-order valence-electron chi connectivity index (χ3n) is 7.96. The van der Waals surface area contributed by atoms with E-state index >= 15 is 0 Å². The number of thiol groups is 1. The van der Waals surface area contributed by atoms with Crippen molar-refractivity contribution in [3.63, 3.8) is 0 Å². The maximum absolute atomic E-state index is 13.7. The first kappa shape index (κ1) is 32.5. The first-order chi connectivity index (χ1) is 22.0. The SMILES string of the molecule is CO[C@@H]1COCC[C@@H]2C[C@H](n3cnc4c(N)ncnc43)O[C@@H]2COP(=O)(S)O[C@H](n2cnc3c(=O)[nH]c(NC(=O)C(C)C)nc32)C1. The molecule has 6 atom stereocenters. The zero-order valence-corrected chi connectivity index (χ0v) is 27.1. The number of anilines is 2. The van der Waals surface area contributed by atoms with Crippen LogP contribution in [0.3, 0.4) is 0 Å². The number of H-pyrrole nitrogens is 1. The normalized spacial score (nSPS) is 28.1. The monoisotopic (exact) mass is 678 g/mol. The fourth-order valence-electron chi connectivity index (χ4n) is 5.44. The van der Waals surface area contributed by atoms with Gasteiger partial charge in [0.25, 0.3) is 5.56 Å². The van der Waals surface area contributed by atoms with Crippen LogP contribution < -0.4 is 16.6 Å². The molecule has 248 valence electrons. The van der Waals surface area contributed by atoms with Gasteiger partial charge in [-0.05, 0) is 18.8 Å². The predicted molar refractivity (Wildman–Crippen MR) is 167 cm³/mol. The molecule has 2 fully saturated rings. The van der Waals surface area contributed by atoms with Crippen LogP contribution in [0.15, 0.2) is 23.8 Å². The molecule has 0 saturated carbocycles. The minimum Gasteiger partial charge on any atom is -0.382 e. The standard InChI is InChI=1S/C26H35N10O8PS/c1-13(2)24(37)33-26-32-23-20(25(38)34-26)31-12-36(23)18-7-15(40-3)8-41-5-4-14-6-17(43-16(14)9-42-45(39,46)44-18)35-11-30-19-21(27)28-10-29-22(19)35/h10-18H,4-9H2,1-3H3,(H,39,46)(H2,27,28,29)(H2,32,33,34,37,38)/t14-,15+,16-,17-,18+,45?/m1/s1. The number of nitrogens with one attached hydrogen (secondary N) is 2. The lowest BCUT2D eigenvalue weighted by Gasteiger charge is -2.26. The van der Waals surface area contributed by atoms with E-state index in [1.165, 1.54) is 24.3 Å². The van der Waals surface area contributed by atoms with Crippen molar-refractivity contribution in [2.75, 3.05) is 38.0 Å². The molecule has 0 aliphatic carbocycles. The van der Waals surface area contributed by atoms with Crippen LogP contribution >= 0.6 is 19.0 Å². The minimum atomic E-state index is -4.07. The number of fused-ring (bicyclic) bond motifs is 3. The quantitative estimate of drug-likeness (QED) is 0.176. The molecule has 0 spiro atoms. The molecule has 6 heterocycles. The molecule has 4 aromatic heterocycles. The number of aromatic nitrogens is 8. The summed E-state index contributed by atoms with van der Waals surface area (Å²) in [5, 5.41) is 2.58. The molecule has 4 aromatic rings. The summed E-state index contributed by atoms with van der Waals surface area (Å²) in [4.78, 5) is 48.9. The average Bonchev–Trinajstić information content (AvgIpc) is 3.74. The Morgan fingerprint density at radius 1 is 1.13 bits per heavy atom. The van der Waals surface area contributed by atoms with Gasteiger partial charge in [0, 0.05) is 26.1 Å². The van der Waals surface area contributed by atoms with E-state index in [1.807, 2.05) is 0 Å². The van der Waals surface area contributed by atoms with E-state index in [9.17, 15) is 14.2 Å². The summed E-state index contributed by atoms with van der Waals surface area (Å²) >= 11 is 4.29. The second kappa shape index (κ2) is 13.3. The van der Waals surface area contributed by atoms with E-state index in [2.05, 4.69) is 47.5 Å². The Hall–Kier alpha value is -3.45. The Morgan fingerprint density at radius 3 is 2.65 bits per heavy atom. The van der Waals surface area contributed by atoms with Gasteiger partial charge in [-0.3, -0.25) is 38.1 Å². The summed E-state index contributed by atoms with van der Waals surface area (Å²) in [6.45, 7) is -0.171. The Morgan fingerprint density at radius 2 is 1.89 bits per heavy atom. The number of carbonyl (C=O) groups is 1. The van der Waals surface area contributed by atoms with Gasteiger partial charge >= 0.3 is 6.80 Å². The fourth-order valence-corrected chi connectivity index (χ4v) is 6.86. The number of carbonyl (C=O) groups excluding carboxylic acids is 1. The van der Waals surface area contributed by atoms with E-state index < -0.39 is 37.0 Å². The Balaban J connectivity index is 1.27. The molecule has 4 N–H and O–H groups in total. The predicted octanol–water partition coefficient (Wildman–Crippen LogP) is 2.44. The van der Waals surface area contributed by atoms with Crippen molar-refractivity contribution < 1.29 is 32.6 Å². The molecule has 0 radical (unpaired) electrons. The summed E-state index contributed by atoms with van der Waals surface area (Å²) in [5.74, 6) is -0.549. The number of methoxy groups -OCH3 is 1. The van der Waals surface area contributed by atoms with Gasteiger partial charge in [0.05, 0.1) is 38.1 Å². The first-order valence-electron chi connectivity index (χ1n) is 14.7. The van der Waals surface area contributed by atoms with Crippen LogP contribution in [0.1, 0.15) is 45.6 Å². The fraction of sp³-hybridized carbons (Fsp3) is 0.577. The van der Waals surface area contributed by atoms with Crippen LogP contribution in [0.5, 0.6) is 0 Å². The Bertz CT molecular complexity index is 1830. The number of aromatic amines is 1. The maximum Gasteiger partial charge on any atom is 0.388 e. The van der Waals surface area contributed by atoms with E-state index in [4.69, 9.17) is 29.0 Å². The molecule has 20 heteroatoms. The number of nitrogens with two attached hydrogens (primary N) is 1. The van der Waals surface area contributed by atoms with Crippen molar-refractivity contribution in [1.82, 2.24) is 39.0 Å². The summed E-state index contributed by atoms with van der Waals surface area (Å²) in [5.41, 5.74) is 6.46. The highest BCUT2D eigenvalue weighted by Gasteiger charge is 2.39. The topological polar surface area (TPSA) is 226 Å². The van der Waals surface area contributed by atoms with Gasteiger partial charge in [-0.1, -0.05) is 26.1 Å². The minimum absolute atomic E-state index is 0.0125. The van der Waals surface area contributed by atoms with Crippen LogP contribution in [-0.2, 0) is 32.6 Å². The third-order valence-corrected chi connectivity index (χ3v) is 9.57. The summed E-state index contributed by atoms with van der Waals surface area (Å²) in [6.07, 6.45) is 3.08. The van der Waals surface area contributed by atoms with Crippen molar-refractivity contribution in [2.24, 2.45) is 11.8 Å². The molecule has 2 aliphatic heterocycles. The van der Waals surface area contributed by atoms with Gasteiger partial charge in [-0.25, -0.2) is 24.5 Å². The van der Waals surface area contributed by atoms with Crippen molar-refractivity contribution in [1.29, 1.82) is 0 Å². The van der Waals surface area contributed by atoms with Gasteiger partial charge in [0.15, 0.2) is 22.6 Å². The summed E-state index contributed by atoms with van der Waals surface area (Å²) in [6, 6.07) is 0. The van der Waals surface area contributed by atoms with Crippen LogP contribution in [0.2, 0.25) is 0 Å². The van der Waals surface area contributed by atoms with Gasteiger partial charge in [-0.15, -0.1) is 0 Å². The number of nitrogens with zero attached hydrogens (tertiary/aromatic N) is 7. The van der Waals surface area contributed by atoms with E-state index in [1.54, 1.807) is 24.7 Å². The molecular weight excluding hydrogens is 643 g/mol. The highest BCUT2D eigenvalue weighted by Crippen LogP contribution is 2.57. The van der Waals surface area contributed by atoms with Crippen LogP contribution in [0, 0.1) is 11.8 Å². The molecule has 1 amide bonds. The van der Waals surface area contributed by atoms with Crippen molar-refractivity contribution in [2.45, 2.75) is 57.8 Å². The number of amides is 1. The van der Waals surface area contributed by atoms with Gasteiger partial charge < -0.3 is 19.9 Å². The van der Waals surface area contributed by atoms with Crippen molar-refractivity contribution >= 4 is 59.0 Å². The van der Waals surface area contributed by atoms with Gasteiger partial charge in [-0.2, -0.15) is 4.98 Å². The van der Waals surface area contributed by atoms with Gasteiger partial charge in [0.2, 0.25) is 11.9 Å². The largest absolute Gasteiger partial charge is 0.388 e. The van der Waals surface area contributed by atoms with Crippen molar-refractivity contribution in [3.8, 4) is 0 Å². The number of ether oxygens (including phenoxy) is 3. The average molecular weight is 679 g/mol. The molecule has 0 aromatic carbocycles. The lowest BCUT2D eigenvalue weighted by Crippen LogP contribution is -2.26. The Kier molecular flexibility index (Phi) is 9.43. The Labute approximate surface area is 267 Å². The van der Waals surface area contributed by atoms with Crippen LogP contribution in [0.4, 0.5) is 11.8 Å². The number of hydrogen-bond donors (Lipinski definition) is 4. The molecule has 2 saturated heterocycles. The second-order valence-electron chi connectivity index (χ2n) is 11.4. The first-order valence-corrected chi connectivity index (χ1v) is 17.3. The molecule has 1 unspecified atom stereocenters. The summed E-state index contributed by atoms with van der Waals surface area (Å²) in [7, 11) is 1.52. The van der Waals surface area contributed by atoms with Crippen LogP contribution in [0.25, 0.3) is 22.3 Å². The molecular formula is C26H35N10O8PS. The zero-order chi connectivity index (χ0) is 32.6. The lowest BCUT2D eigenvalue weighted by atomic mass is 9.98. The molecule has 46 heavy (non-hydrogen) atoms. The summed E-state index contributed by atoms with van der Waals surface area (Å²) < 4.78 is 46.8. The molecule has 0 bridgehead atoms. The van der Waals surface area contributed by atoms with Crippen LogP contribution in [-0.4, -0.2) is 84.1 Å². The van der Waals surface area contributed by atoms with E-state index in [0.29, 0.717) is 30.6 Å².